The highest BCUT2D eigenvalue weighted by Crippen LogP contribution is 2.34. The number of rotatable bonds is 6. The first kappa shape index (κ1) is 22.2. The highest BCUT2D eigenvalue weighted by atomic mass is 19.4. The summed E-state index contributed by atoms with van der Waals surface area (Å²) in [6.07, 6.45) is -4.56. The molecule has 1 heterocycles. The number of nitrogens with zero attached hydrogens (tertiary/aromatic N) is 3. The fourth-order valence-electron chi connectivity index (χ4n) is 3.13. The first-order valence-corrected chi connectivity index (χ1v) is 9.31. The molecule has 1 saturated heterocycles. The molecule has 0 bridgehead atoms. The third kappa shape index (κ3) is 5.68. The first-order chi connectivity index (χ1) is 13.1. The molecule has 9 heteroatoms. The molecule has 1 aliphatic rings. The molecular weight excluding hydrogens is 373 g/mol. The van der Waals surface area contributed by atoms with Gasteiger partial charge in [-0.05, 0) is 32.6 Å². The molecule has 0 radical (unpaired) electrons. The number of nitrogens with one attached hydrogen (secondary N) is 1. The van der Waals surface area contributed by atoms with Crippen LogP contribution in [0.1, 0.15) is 19.4 Å². The van der Waals surface area contributed by atoms with Crippen molar-refractivity contribution in [3.8, 4) is 0 Å². The Bertz CT molecular complexity index is 688. The largest absolute Gasteiger partial charge is 0.418 e. The quantitative estimate of drug-likeness (QED) is 0.795. The lowest BCUT2D eigenvalue weighted by Crippen LogP contribution is -2.54. The molecule has 1 N–H and O–H groups in total. The van der Waals surface area contributed by atoms with E-state index in [2.05, 4.69) is 17.1 Å². The Hall–Kier alpha value is -2.13. The fraction of sp³-hybridized carbons (Fsp3) is 0.579. The average molecular weight is 400 g/mol. The second-order valence-corrected chi connectivity index (χ2v) is 6.94. The molecular formula is C19H27F3N4O2. The number of hydrogen-bond acceptors (Lipinski definition) is 4. The van der Waals surface area contributed by atoms with Crippen molar-refractivity contribution >= 4 is 17.5 Å². The van der Waals surface area contributed by atoms with E-state index in [1.54, 1.807) is 23.8 Å². The minimum Gasteiger partial charge on any atom is -0.339 e. The lowest BCUT2D eigenvalue weighted by atomic mass is 10.1. The van der Waals surface area contributed by atoms with Gasteiger partial charge in [-0.15, -0.1) is 0 Å². The van der Waals surface area contributed by atoms with Gasteiger partial charge in [0, 0.05) is 26.2 Å². The van der Waals surface area contributed by atoms with Gasteiger partial charge >= 0.3 is 6.18 Å². The fourth-order valence-corrected chi connectivity index (χ4v) is 3.13. The normalized spacial score (nSPS) is 16.9. The Labute approximate surface area is 163 Å². The Morgan fingerprint density at radius 2 is 1.79 bits per heavy atom. The molecule has 1 atom stereocenters. The molecule has 0 aliphatic carbocycles. The van der Waals surface area contributed by atoms with E-state index >= 15 is 0 Å². The summed E-state index contributed by atoms with van der Waals surface area (Å²) in [5, 5.41) is 2.30. The molecule has 0 unspecified atom stereocenters. The summed E-state index contributed by atoms with van der Waals surface area (Å²) in [6.45, 7) is 7.42. The lowest BCUT2D eigenvalue weighted by molar-refractivity contribution is -0.138. The number of amides is 2. The Morgan fingerprint density at radius 3 is 2.36 bits per heavy atom. The summed E-state index contributed by atoms with van der Waals surface area (Å²) in [4.78, 5) is 30.4. The van der Waals surface area contributed by atoms with Crippen LogP contribution in [0.3, 0.4) is 0 Å². The zero-order chi connectivity index (χ0) is 20.9. The summed E-state index contributed by atoms with van der Waals surface area (Å²) in [5.74, 6) is -0.684. The van der Waals surface area contributed by atoms with Gasteiger partial charge in [0.2, 0.25) is 11.8 Å². The Kier molecular flexibility index (Phi) is 7.42. The average Bonchev–Trinajstić information content (AvgIpc) is 2.66. The molecule has 1 fully saturated rings. The molecule has 1 aromatic carbocycles. The Balaban J connectivity index is 1.93. The van der Waals surface area contributed by atoms with Crippen LogP contribution < -0.4 is 5.32 Å². The molecule has 156 valence electrons. The monoisotopic (exact) mass is 400 g/mol. The van der Waals surface area contributed by atoms with Gasteiger partial charge in [0.15, 0.2) is 0 Å². The third-order valence-corrected chi connectivity index (χ3v) is 5.05. The van der Waals surface area contributed by atoms with Crippen LogP contribution >= 0.6 is 0 Å². The van der Waals surface area contributed by atoms with E-state index in [1.165, 1.54) is 18.2 Å². The maximum Gasteiger partial charge on any atom is 0.418 e. The summed E-state index contributed by atoms with van der Waals surface area (Å²) >= 11 is 0. The number of alkyl halides is 3. The molecule has 1 aromatic rings. The van der Waals surface area contributed by atoms with E-state index < -0.39 is 23.7 Å². The van der Waals surface area contributed by atoms with Gasteiger partial charge < -0.3 is 15.1 Å². The van der Waals surface area contributed by atoms with Gasteiger partial charge in [-0.1, -0.05) is 19.1 Å². The van der Waals surface area contributed by atoms with Gasteiger partial charge in [-0.25, -0.2) is 0 Å². The van der Waals surface area contributed by atoms with Crippen LogP contribution in [0, 0.1) is 0 Å². The van der Waals surface area contributed by atoms with Gasteiger partial charge in [0.05, 0.1) is 23.8 Å². The van der Waals surface area contributed by atoms with E-state index in [-0.39, 0.29) is 18.1 Å². The smallest absolute Gasteiger partial charge is 0.339 e. The van der Waals surface area contributed by atoms with Crippen molar-refractivity contribution in [1.29, 1.82) is 0 Å². The van der Waals surface area contributed by atoms with Crippen LogP contribution in [0.5, 0.6) is 0 Å². The summed E-state index contributed by atoms with van der Waals surface area (Å²) in [7, 11) is 1.61. The van der Waals surface area contributed by atoms with Crippen molar-refractivity contribution in [2.75, 3.05) is 51.6 Å². The number of likely N-dealkylation sites (N-methyl/N-ethyl adjacent to an activating group) is 2. The van der Waals surface area contributed by atoms with Crippen LogP contribution in [0.15, 0.2) is 24.3 Å². The van der Waals surface area contributed by atoms with Crippen LogP contribution in [0.25, 0.3) is 0 Å². The SMILES string of the molecule is CCN1CCN(C(=O)[C@H](C)N(C)CC(=O)Nc2ccccc2C(F)(F)F)CC1. The third-order valence-electron chi connectivity index (χ3n) is 5.05. The number of carbonyl (C=O) groups excluding carboxylic acids is 2. The number of hydrogen-bond donors (Lipinski definition) is 1. The number of carbonyl (C=O) groups is 2. The molecule has 2 rings (SSSR count). The first-order valence-electron chi connectivity index (χ1n) is 9.31. The predicted octanol–water partition coefficient (Wildman–Crippen LogP) is 2.13. The predicted molar refractivity (Wildman–Crippen MR) is 101 cm³/mol. The lowest BCUT2D eigenvalue weighted by Gasteiger charge is -2.36. The van der Waals surface area contributed by atoms with E-state index in [4.69, 9.17) is 0 Å². The zero-order valence-corrected chi connectivity index (χ0v) is 16.4. The summed E-state index contributed by atoms with van der Waals surface area (Å²) < 4.78 is 39.1. The maximum absolute atomic E-state index is 13.0. The second-order valence-electron chi connectivity index (χ2n) is 6.94. The van der Waals surface area contributed by atoms with Crippen LogP contribution in [0.4, 0.5) is 18.9 Å². The number of anilines is 1. The minimum absolute atomic E-state index is 0.0817. The van der Waals surface area contributed by atoms with Crippen LogP contribution in [-0.4, -0.2) is 78.9 Å². The van der Waals surface area contributed by atoms with Gasteiger partial charge in [0.25, 0.3) is 0 Å². The molecule has 0 spiro atoms. The zero-order valence-electron chi connectivity index (χ0n) is 16.4. The van der Waals surface area contributed by atoms with Crippen molar-refractivity contribution in [1.82, 2.24) is 14.7 Å². The van der Waals surface area contributed by atoms with Crippen molar-refractivity contribution in [3.63, 3.8) is 0 Å². The van der Waals surface area contributed by atoms with Crippen molar-refractivity contribution in [3.05, 3.63) is 29.8 Å². The number of para-hydroxylation sites is 1. The van der Waals surface area contributed by atoms with Crippen molar-refractivity contribution in [2.45, 2.75) is 26.1 Å². The number of halogens is 3. The molecule has 1 aliphatic heterocycles. The van der Waals surface area contributed by atoms with E-state index in [9.17, 15) is 22.8 Å². The minimum atomic E-state index is -4.56. The highest BCUT2D eigenvalue weighted by Gasteiger charge is 2.34. The van der Waals surface area contributed by atoms with Gasteiger partial charge in [-0.2, -0.15) is 13.2 Å². The van der Waals surface area contributed by atoms with E-state index in [0.717, 1.165) is 25.7 Å². The van der Waals surface area contributed by atoms with E-state index in [0.29, 0.717) is 13.1 Å². The topological polar surface area (TPSA) is 55.9 Å². The van der Waals surface area contributed by atoms with Gasteiger partial charge in [0.1, 0.15) is 0 Å². The number of piperazine rings is 1. The molecule has 28 heavy (non-hydrogen) atoms. The van der Waals surface area contributed by atoms with Gasteiger partial charge in [-0.3, -0.25) is 14.5 Å². The van der Waals surface area contributed by atoms with Crippen molar-refractivity contribution < 1.29 is 22.8 Å². The van der Waals surface area contributed by atoms with Crippen molar-refractivity contribution in [2.24, 2.45) is 0 Å². The van der Waals surface area contributed by atoms with Crippen LogP contribution in [0.2, 0.25) is 0 Å². The molecule has 6 nitrogen and oxygen atoms in total. The standard InChI is InChI=1S/C19H27F3N4O2/c1-4-25-9-11-26(12-10-25)18(28)14(2)24(3)13-17(27)23-16-8-6-5-7-15(16)19(20,21)22/h5-8,14H,4,9-13H2,1-3H3,(H,23,27)/t14-/m0/s1. The maximum atomic E-state index is 13.0. The highest BCUT2D eigenvalue weighted by molar-refractivity contribution is 5.93. The molecule has 2 amide bonds. The van der Waals surface area contributed by atoms with E-state index in [1.807, 2.05) is 0 Å². The van der Waals surface area contributed by atoms with Crippen LogP contribution in [-0.2, 0) is 15.8 Å². The number of benzene rings is 1. The molecule has 0 saturated carbocycles. The second kappa shape index (κ2) is 9.38. The Morgan fingerprint density at radius 1 is 1.18 bits per heavy atom. The summed E-state index contributed by atoms with van der Waals surface area (Å²) in [5.41, 5.74) is -1.19. The summed E-state index contributed by atoms with van der Waals surface area (Å²) in [6, 6.07) is 4.28. The molecule has 0 aromatic heterocycles.